The number of hydrogen-bond acceptors (Lipinski definition) is 4. The van der Waals surface area contributed by atoms with E-state index in [1.807, 2.05) is 0 Å². The van der Waals surface area contributed by atoms with Crippen LogP contribution in [0, 0.1) is 0 Å². The van der Waals surface area contributed by atoms with E-state index in [2.05, 4.69) is 4.72 Å². The number of hydrogen-bond donors (Lipinski definition) is 3. The highest BCUT2D eigenvalue weighted by Gasteiger charge is 2.11. The largest absolute Gasteiger partial charge is 0.504 e. The molecule has 0 saturated heterocycles. The Balaban J connectivity index is 2.55. The standard InChI is InChI=1S/C10H16N2O4S/c1-12(2)17(15,16)11-6-5-8-3-4-9(13)10(14)7-8/h3-4,7,11,13-14H,5-6H2,1-2H3. The second-order valence-corrected chi connectivity index (χ2v) is 5.72. The molecule has 0 aliphatic carbocycles. The van der Waals surface area contributed by atoms with Crippen LogP contribution < -0.4 is 4.72 Å². The van der Waals surface area contributed by atoms with Gasteiger partial charge in [0, 0.05) is 20.6 Å². The first kappa shape index (κ1) is 13.8. The van der Waals surface area contributed by atoms with Crippen LogP contribution in [0.3, 0.4) is 0 Å². The zero-order chi connectivity index (χ0) is 13.1. The average Bonchev–Trinajstić information content (AvgIpc) is 2.23. The summed E-state index contributed by atoms with van der Waals surface area (Å²) >= 11 is 0. The SMILES string of the molecule is CN(C)S(=O)(=O)NCCc1ccc(O)c(O)c1. The molecule has 0 fully saturated rings. The van der Waals surface area contributed by atoms with E-state index in [9.17, 15) is 13.5 Å². The van der Waals surface area contributed by atoms with Crippen molar-refractivity contribution in [2.24, 2.45) is 0 Å². The first-order chi connectivity index (χ1) is 7.83. The molecule has 0 heterocycles. The third kappa shape index (κ3) is 3.88. The third-order valence-electron chi connectivity index (χ3n) is 2.22. The monoisotopic (exact) mass is 260 g/mol. The Morgan fingerprint density at radius 2 is 1.88 bits per heavy atom. The first-order valence-corrected chi connectivity index (χ1v) is 6.45. The van der Waals surface area contributed by atoms with Gasteiger partial charge in [0.2, 0.25) is 0 Å². The molecule has 7 heteroatoms. The van der Waals surface area contributed by atoms with Crippen molar-refractivity contribution in [3.05, 3.63) is 23.8 Å². The third-order valence-corrected chi connectivity index (χ3v) is 3.75. The lowest BCUT2D eigenvalue weighted by atomic mass is 10.1. The molecule has 0 amide bonds. The summed E-state index contributed by atoms with van der Waals surface area (Å²) in [5.74, 6) is -0.402. The van der Waals surface area contributed by atoms with Gasteiger partial charge in [-0.25, -0.2) is 4.72 Å². The lowest BCUT2D eigenvalue weighted by Crippen LogP contribution is -2.36. The summed E-state index contributed by atoms with van der Waals surface area (Å²) in [4.78, 5) is 0. The molecule has 0 aliphatic heterocycles. The van der Waals surface area contributed by atoms with E-state index < -0.39 is 10.2 Å². The maximum atomic E-state index is 11.4. The zero-order valence-corrected chi connectivity index (χ0v) is 10.5. The minimum Gasteiger partial charge on any atom is -0.504 e. The second kappa shape index (κ2) is 5.35. The number of phenolic OH excluding ortho intramolecular Hbond substituents is 2. The van der Waals surface area contributed by atoms with E-state index in [-0.39, 0.29) is 18.0 Å². The number of benzene rings is 1. The van der Waals surface area contributed by atoms with Crippen molar-refractivity contribution in [1.82, 2.24) is 9.03 Å². The average molecular weight is 260 g/mol. The van der Waals surface area contributed by atoms with Gasteiger partial charge in [0.15, 0.2) is 11.5 Å². The Hall–Kier alpha value is -1.31. The summed E-state index contributed by atoms with van der Waals surface area (Å²) in [6, 6.07) is 4.39. The maximum Gasteiger partial charge on any atom is 0.278 e. The molecular weight excluding hydrogens is 244 g/mol. The van der Waals surface area contributed by atoms with Gasteiger partial charge in [-0.2, -0.15) is 12.7 Å². The molecule has 17 heavy (non-hydrogen) atoms. The van der Waals surface area contributed by atoms with Crippen LogP contribution in [-0.4, -0.2) is 43.6 Å². The molecule has 0 unspecified atom stereocenters. The van der Waals surface area contributed by atoms with Crippen molar-refractivity contribution in [3.8, 4) is 11.5 Å². The molecular formula is C10H16N2O4S. The van der Waals surface area contributed by atoms with Crippen molar-refractivity contribution >= 4 is 10.2 Å². The predicted molar refractivity (Wildman–Crippen MR) is 64.1 cm³/mol. The Labute approximate surface area is 101 Å². The van der Waals surface area contributed by atoms with Crippen LogP contribution in [0.15, 0.2) is 18.2 Å². The molecule has 0 saturated carbocycles. The Morgan fingerprint density at radius 3 is 2.41 bits per heavy atom. The molecule has 1 aromatic rings. The van der Waals surface area contributed by atoms with Gasteiger partial charge in [0.05, 0.1) is 0 Å². The molecule has 0 aromatic heterocycles. The van der Waals surface area contributed by atoms with Gasteiger partial charge in [0.1, 0.15) is 0 Å². The van der Waals surface area contributed by atoms with Gasteiger partial charge in [-0.05, 0) is 24.1 Å². The molecule has 6 nitrogen and oxygen atoms in total. The van der Waals surface area contributed by atoms with Crippen LogP contribution in [-0.2, 0) is 16.6 Å². The Bertz CT molecular complexity index is 485. The van der Waals surface area contributed by atoms with Crippen LogP contribution in [0.4, 0.5) is 0 Å². The minimum absolute atomic E-state index is 0.192. The molecule has 1 aromatic carbocycles. The van der Waals surface area contributed by atoms with E-state index in [1.165, 1.54) is 26.2 Å². The van der Waals surface area contributed by atoms with Gasteiger partial charge >= 0.3 is 0 Å². The van der Waals surface area contributed by atoms with E-state index >= 15 is 0 Å². The topological polar surface area (TPSA) is 89.9 Å². The van der Waals surface area contributed by atoms with Gasteiger partial charge in [-0.3, -0.25) is 0 Å². The number of nitrogens with zero attached hydrogens (tertiary/aromatic N) is 1. The quantitative estimate of drug-likeness (QED) is 0.652. The molecule has 0 bridgehead atoms. The van der Waals surface area contributed by atoms with E-state index in [0.29, 0.717) is 6.42 Å². The lowest BCUT2D eigenvalue weighted by Gasteiger charge is -2.12. The summed E-state index contributed by atoms with van der Waals surface area (Å²) < 4.78 is 26.2. The molecule has 0 spiro atoms. The molecule has 3 N–H and O–H groups in total. The smallest absolute Gasteiger partial charge is 0.278 e. The van der Waals surface area contributed by atoms with E-state index in [4.69, 9.17) is 5.11 Å². The molecule has 96 valence electrons. The van der Waals surface area contributed by atoms with Crippen LogP contribution in [0.25, 0.3) is 0 Å². The fourth-order valence-electron chi connectivity index (χ4n) is 1.18. The fraction of sp³-hybridized carbons (Fsp3) is 0.400. The van der Waals surface area contributed by atoms with Crippen LogP contribution >= 0.6 is 0 Å². The highest BCUT2D eigenvalue weighted by atomic mass is 32.2. The molecule has 1 rings (SSSR count). The van der Waals surface area contributed by atoms with Crippen molar-refractivity contribution in [2.75, 3.05) is 20.6 Å². The number of nitrogens with one attached hydrogen (secondary N) is 1. The van der Waals surface area contributed by atoms with E-state index in [1.54, 1.807) is 6.07 Å². The van der Waals surface area contributed by atoms with Gasteiger partial charge in [-0.15, -0.1) is 0 Å². The van der Waals surface area contributed by atoms with Gasteiger partial charge in [0.25, 0.3) is 10.2 Å². The summed E-state index contributed by atoms with van der Waals surface area (Å²) in [6.45, 7) is 0.227. The van der Waals surface area contributed by atoms with Crippen LogP contribution in [0.5, 0.6) is 11.5 Å². The van der Waals surface area contributed by atoms with Crippen molar-refractivity contribution < 1.29 is 18.6 Å². The van der Waals surface area contributed by atoms with Gasteiger partial charge in [-0.1, -0.05) is 6.07 Å². The summed E-state index contributed by atoms with van der Waals surface area (Å²) in [5.41, 5.74) is 0.738. The Morgan fingerprint density at radius 1 is 1.24 bits per heavy atom. The van der Waals surface area contributed by atoms with E-state index in [0.717, 1.165) is 9.87 Å². The second-order valence-electron chi connectivity index (χ2n) is 3.75. The van der Waals surface area contributed by atoms with Crippen molar-refractivity contribution in [1.29, 1.82) is 0 Å². The summed E-state index contributed by atoms with van der Waals surface area (Å²) in [7, 11) is -0.537. The molecule has 0 aliphatic rings. The Kier molecular flexibility index (Phi) is 4.33. The first-order valence-electron chi connectivity index (χ1n) is 5.01. The molecule has 0 atom stereocenters. The summed E-state index contributed by atoms with van der Waals surface area (Å²) in [5, 5.41) is 18.4. The zero-order valence-electron chi connectivity index (χ0n) is 9.71. The number of phenols is 2. The highest BCUT2D eigenvalue weighted by molar-refractivity contribution is 7.87. The van der Waals surface area contributed by atoms with Crippen molar-refractivity contribution in [2.45, 2.75) is 6.42 Å². The van der Waals surface area contributed by atoms with Crippen LogP contribution in [0.1, 0.15) is 5.56 Å². The lowest BCUT2D eigenvalue weighted by molar-refractivity contribution is 0.403. The molecule has 0 radical (unpaired) electrons. The predicted octanol–water partition coefficient (Wildman–Crippen LogP) is 0.0363. The normalized spacial score (nSPS) is 11.9. The minimum atomic E-state index is -3.42. The maximum absolute atomic E-state index is 11.4. The van der Waals surface area contributed by atoms with Gasteiger partial charge < -0.3 is 10.2 Å². The number of rotatable bonds is 5. The fourth-order valence-corrected chi connectivity index (χ4v) is 1.80. The van der Waals surface area contributed by atoms with Crippen molar-refractivity contribution in [3.63, 3.8) is 0 Å². The van der Waals surface area contributed by atoms with Crippen LogP contribution in [0.2, 0.25) is 0 Å². The highest BCUT2D eigenvalue weighted by Crippen LogP contribution is 2.24. The summed E-state index contributed by atoms with van der Waals surface area (Å²) in [6.07, 6.45) is 0.431. The number of aromatic hydroxyl groups is 2.